The van der Waals surface area contributed by atoms with Crippen LogP contribution in [0.4, 0.5) is 0 Å². The Kier molecular flexibility index (Phi) is 4.01. The summed E-state index contributed by atoms with van der Waals surface area (Å²) in [5, 5.41) is 0. The highest BCUT2D eigenvalue weighted by atomic mass is 79.9. The molecule has 0 spiro atoms. The third-order valence-corrected chi connectivity index (χ3v) is 2.94. The zero-order valence-electron chi connectivity index (χ0n) is 7.87. The Bertz CT molecular complexity index is 330. The van der Waals surface area contributed by atoms with Crippen molar-refractivity contribution in [3.63, 3.8) is 0 Å². The second-order valence-electron chi connectivity index (χ2n) is 3.14. The smallest absolute Gasteiger partial charge is 0.150 e. The molecule has 0 aliphatic rings. The van der Waals surface area contributed by atoms with Crippen molar-refractivity contribution in [2.24, 2.45) is 0 Å². The lowest BCUT2D eigenvalue weighted by Gasteiger charge is -2.05. The van der Waals surface area contributed by atoms with Crippen LogP contribution in [0.15, 0.2) is 24.3 Å². The van der Waals surface area contributed by atoms with E-state index in [9.17, 15) is 9.59 Å². The van der Waals surface area contributed by atoms with Gasteiger partial charge < -0.3 is 0 Å². The van der Waals surface area contributed by atoms with Crippen LogP contribution in [-0.4, -0.2) is 16.9 Å². The highest BCUT2D eigenvalue weighted by molar-refractivity contribution is 9.10. The fraction of sp³-hybridized carbons (Fsp3) is 0.273. The third-order valence-electron chi connectivity index (χ3n) is 1.97. The van der Waals surface area contributed by atoms with Crippen molar-refractivity contribution in [2.45, 2.75) is 18.2 Å². The minimum Gasteiger partial charge on any atom is -0.299 e. The van der Waals surface area contributed by atoms with Gasteiger partial charge in [-0.2, -0.15) is 0 Å². The first-order chi connectivity index (χ1) is 6.63. The molecule has 0 heterocycles. The lowest BCUT2D eigenvalue weighted by atomic mass is 10.1. The summed E-state index contributed by atoms with van der Waals surface area (Å²) in [6.07, 6.45) is 1.47. The molecule has 1 aromatic carbocycles. The number of ketones is 1. The maximum Gasteiger partial charge on any atom is 0.150 e. The molecule has 0 fully saturated rings. The average Bonchev–Trinajstić information content (AvgIpc) is 2.19. The molecule has 0 aliphatic carbocycles. The number of carbonyl (C=O) groups is 2. The molecule has 1 unspecified atom stereocenters. The summed E-state index contributed by atoms with van der Waals surface area (Å²) < 4.78 is 0. The van der Waals surface area contributed by atoms with Gasteiger partial charge in [0, 0.05) is 5.56 Å². The second-order valence-corrected chi connectivity index (χ2v) is 4.25. The van der Waals surface area contributed by atoms with E-state index in [0.29, 0.717) is 12.0 Å². The first kappa shape index (κ1) is 11.1. The number of hydrogen-bond donors (Lipinski definition) is 0. The predicted octanol–water partition coefficient (Wildman–Crippen LogP) is 2.39. The molecular weight excluding hydrogens is 244 g/mol. The van der Waals surface area contributed by atoms with Crippen molar-refractivity contribution in [1.29, 1.82) is 0 Å². The van der Waals surface area contributed by atoms with Gasteiger partial charge in [-0.3, -0.25) is 9.59 Å². The van der Waals surface area contributed by atoms with Crippen molar-refractivity contribution >= 4 is 28.0 Å². The molecule has 1 aromatic rings. The summed E-state index contributed by atoms with van der Waals surface area (Å²) in [5.74, 6) is 0.115. The number of carbonyl (C=O) groups excluding carboxylic acids is 2. The fourth-order valence-electron chi connectivity index (χ4n) is 1.08. The van der Waals surface area contributed by atoms with Gasteiger partial charge >= 0.3 is 0 Å². The molecule has 3 heteroatoms. The van der Waals surface area contributed by atoms with Gasteiger partial charge in [0.25, 0.3) is 0 Å². The molecule has 0 saturated carbocycles. The first-order valence-corrected chi connectivity index (χ1v) is 5.23. The Morgan fingerprint density at radius 3 is 2.43 bits per heavy atom. The van der Waals surface area contributed by atoms with Crippen molar-refractivity contribution in [3.8, 4) is 0 Å². The van der Waals surface area contributed by atoms with Crippen molar-refractivity contribution < 1.29 is 9.59 Å². The van der Waals surface area contributed by atoms with Crippen LogP contribution >= 0.6 is 15.9 Å². The Labute approximate surface area is 91.4 Å². The molecule has 0 radical (unpaired) electrons. The van der Waals surface area contributed by atoms with Gasteiger partial charge in [0.05, 0.1) is 4.83 Å². The van der Waals surface area contributed by atoms with E-state index in [1.165, 1.54) is 0 Å². The van der Waals surface area contributed by atoms with Crippen LogP contribution < -0.4 is 0 Å². The van der Waals surface area contributed by atoms with E-state index in [4.69, 9.17) is 0 Å². The van der Waals surface area contributed by atoms with Crippen LogP contribution in [0.2, 0.25) is 0 Å². The summed E-state index contributed by atoms with van der Waals surface area (Å²) in [5.41, 5.74) is 1.70. The topological polar surface area (TPSA) is 34.1 Å². The van der Waals surface area contributed by atoms with Gasteiger partial charge in [0.1, 0.15) is 12.1 Å². The van der Waals surface area contributed by atoms with E-state index in [0.717, 1.165) is 11.8 Å². The molecule has 14 heavy (non-hydrogen) atoms. The Morgan fingerprint density at radius 1 is 1.43 bits per heavy atom. The van der Waals surface area contributed by atoms with Crippen LogP contribution in [0.1, 0.15) is 22.8 Å². The molecule has 0 saturated heterocycles. The van der Waals surface area contributed by atoms with Gasteiger partial charge in [-0.1, -0.05) is 40.2 Å². The largest absolute Gasteiger partial charge is 0.299 e. The summed E-state index contributed by atoms with van der Waals surface area (Å²) in [6.45, 7) is 1.55. The summed E-state index contributed by atoms with van der Waals surface area (Å²) in [6, 6.07) is 7.23. The lowest BCUT2D eigenvalue weighted by Crippen LogP contribution is -2.12. The number of benzene rings is 1. The quantitative estimate of drug-likeness (QED) is 0.611. The Morgan fingerprint density at radius 2 is 2.00 bits per heavy atom. The lowest BCUT2D eigenvalue weighted by molar-refractivity contribution is -0.116. The van der Waals surface area contributed by atoms with Crippen LogP contribution in [0.5, 0.6) is 0 Å². The standard InChI is InChI=1S/C11H11BrO2/c1-8(14)11(12)6-9-2-4-10(7-13)5-3-9/h2-5,7,11H,6H2,1H3. The van der Waals surface area contributed by atoms with Gasteiger partial charge in [-0.15, -0.1) is 0 Å². The predicted molar refractivity (Wildman–Crippen MR) is 58.9 cm³/mol. The maximum atomic E-state index is 11.0. The van der Waals surface area contributed by atoms with Gasteiger partial charge in [0.15, 0.2) is 0 Å². The van der Waals surface area contributed by atoms with Crippen molar-refractivity contribution in [3.05, 3.63) is 35.4 Å². The number of halogens is 1. The monoisotopic (exact) mass is 254 g/mol. The van der Waals surface area contributed by atoms with E-state index in [1.807, 2.05) is 12.1 Å². The van der Waals surface area contributed by atoms with Crippen molar-refractivity contribution in [2.75, 3.05) is 0 Å². The molecule has 2 nitrogen and oxygen atoms in total. The highest BCUT2D eigenvalue weighted by Gasteiger charge is 2.09. The van der Waals surface area contributed by atoms with E-state index in [2.05, 4.69) is 15.9 Å². The Hall–Kier alpha value is -0.960. The number of Topliss-reactive ketones (excluding diaryl/α,β-unsaturated/α-hetero) is 1. The van der Waals surface area contributed by atoms with Gasteiger partial charge in [-0.25, -0.2) is 0 Å². The molecular formula is C11H11BrO2. The normalized spacial score (nSPS) is 12.1. The summed E-state index contributed by atoms with van der Waals surface area (Å²) in [7, 11) is 0. The van der Waals surface area contributed by atoms with E-state index in [1.54, 1.807) is 19.1 Å². The second kappa shape index (κ2) is 5.05. The Balaban J connectivity index is 2.68. The zero-order chi connectivity index (χ0) is 10.6. The summed E-state index contributed by atoms with van der Waals surface area (Å²) >= 11 is 3.30. The zero-order valence-corrected chi connectivity index (χ0v) is 9.45. The molecule has 1 rings (SSSR count). The van der Waals surface area contributed by atoms with E-state index >= 15 is 0 Å². The molecule has 0 amide bonds. The maximum absolute atomic E-state index is 11.0. The van der Waals surface area contributed by atoms with Crippen LogP contribution in [-0.2, 0) is 11.2 Å². The third kappa shape index (κ3) is 3.07. The fourth-order valence-corrected chi connectivity index (χ4v) is 1.46. The number of hydrogen-bond acceptors (Lipinski definition) is 2. The van der Waals surface area contributed by atoms with Crippen LogP contribution in [0.25, 0.3) is 0 Å². The van der Waals surface area contributed by atoms with Gasteiger partial charge in [-0.05, 0) is 18.9 Å². The SMILES string of the molecule is CC(=O)C(Br)Cc1ccc(C=O)cc1. The molecule has 74 valence electrons. The first-order valence-electron chi connectivity index (χ1n) is 4.32. The number of alkyl halides is 1. The average molecular weight is 255 g/mol. The minimum atomic E-state index is -0.135. The van der Waals surface area contributed by atoms with E-state index in [-0.39, 0.29) is 10.6 Å². The molecule has 0 aromatic heterocycles. The molecule has 0 N–H and O–H groups in total. The molecule has 0 aliphatic heterocycles. The minimum absolute atomic E-state index is 0.115. The van der Waals surface area contributed by atoms with Crippen LogP contribution in [0.3, 0.4) is 0 Å². The van der Waals surface area contributed by atoms with Crippen LogP contribution in [0, 0.1) is 0 Å². The number of aldehydes is 1. The summed E-state index contributed by atoms with van der Waals surface area (Å²) in [4.78, 5) is 21.2. The van der Waals surface area contributed by atoms with Crippen molar-refractivity contribution in [1.82, 2.24) is 0 Å². The van der Waals surface area contributed by atoms with Gasteiger partial charge in [0.2, 0.25) is 0 Å². The molecule has 1 atom stereocenters. The highest BCUT2D eigenvalue weighted by Crippen LogP contribution is 2.11. The molecule has 0 bridgehead atoms. The van der Waals surface area contributed by atoms with E-state index < -0.39 is 0 Å². The number of rotatable bonds is 4.